The molecule has 0 aliphatic carbocycles. The summed E-state index contributed by atoms with van der Waals surface area (Å²) in [5.74, 6) is 1.62. The van der Waals surface area contributed by atoms with E-state index in [1.54, 1.807) is 18.7 Å². The van der Waals surface area contributed by atoms with E-state index < -0.39 is 0 Å². The van der Waals surface area contributed by atoms with Gasteiger partial charge >= 0.3 is 0 Å². The Labute approximate surface area is 77.8 Å². The van der Waals surface area contributed by atoms with Crippen LogP contribution in [0.5, 0.6) is 0 Å². The van der Waals surface area contributed by atoms with Gasteiger partial charge in [-0.15, -0.1) is 6.58 Å². The zero-order valence-corrected chi connectivity index (χ0v) is 8.19. The molecule has 0 radical (unpaired) electrons. The van der Waals surface area contributed by atoms with Gasteiger partial charge in [0.1, 0.15) is 0 Å². The fraction of sp³-hybridized carbons (Fsp3) is 0.625. The first-order chi connectivity index (χ1) is 5.68. The van der Waals surface area contributed by atoms with Crippen molar-refractivity contribution in [2.45, 2.75) is 13.0 Å². The summed E-state index contributed by atoms with van der Waals surface area (Å²) in [5, 5.41) is 3.01. The van der Waals surface area contributed by atoms with Crippen molar-refractivity contribution in [3.8, 4) is 0 Å². The maximum atomic E-state index is 10.6. The third-order valence-electron chi connectivity index (χ3n) is 1.36. The topological polar surface area (TPSA) is 55.1 Å². The molecule has 70 valence electrons. The molecule has 3 N–H and O–H groups in total. The number of thioether (sulfide) groups is 1. The van der Waals surface area contributed by atoms with Crippen LogP contribution in [0, 0.1) is 0 Å². The van der Waals surface area contributed by atoms with Crippen LogP contribution in [0.2, 0.25) is 0 Å². The number of rotatable bonds is 7. The van der Waals surface area contributed by atoms with Crippen LogP contribution in [0.1, 0.15) is 6.92 Å². The molecule has 1 amide bonds. The Morgan fingerprint density at radius 1 is 1.83 bits per heavy atom. The summed E-state index contributed by atoms with van der Waals surface area (Å²) < 4.78 is 0. The van der Waals surface area contributed by atoms with Crippen molar-refractivity contribution in [2.24, 2.45) is 5.73 Å². The van der Waals surface area contributed by atoms with Gasteiger partial charge < -0.3 is 11.1 Å². The van der Waals surface area contributed by atoms with Gasteiger partial charge in [0.2, 0.25) is 5.91 Å². The molecule has 0 saturated carbocycles. The van der Waals surface area contributed by atoms with Crippen molar-refractivity contribution >= 4 is 17.7 Å². The lowest BCUT2D eigenvalue weighted by molar-refractivity contribution is -0.119. The smallest absolute Gasteiger partial charge is 0.234 e. The highest BCUT2D eigenvalue weighted by molar-refractivity contribution is 7.99. The second kappa shape index (κ2) is 7.18. The van der Waals surface area contributed by atoms with E-state index in [2.05, 4.69) is 11.9 Å². The van der Waals surface area contributed by atoms with Gasteiger partial charge in [-0.25, -0.2) is 0 Å². The van der Waals surface area contributed by atoms with Gasteiger partial charge in [0.15, 0.2) is 0 Å². The lowest BCUT2D eigenvalue weighted by Gasteiger charge is -2.08. The van der Waals surface area contributed by atoms with E-state index in [0.29, 0.717) is 0 Å². The van der Waals surface area contributed by atoms with Gasteiger partial charge in [-0.05, 0) is 6.92 Å². The zero-order valence-electron chi connectivity index (χ0n) is 7.38. The van der Waals surface area contributed by atoms with Crippen molar-refractivity contribution < 1.29 is 4.79 Å². The number of hydrogen-bond acceptors (Lipinski definition) is 3. The van der Waals surface area contributed by atoms with Crippen LogP contribution in [0.3, 0.4) is 0 Å². The van der Waals surface area contributed by atoms with E-state index in [0.717, 1.165) is 18.1 Å². The van der Waals surface area contributed by atoms with Crippen molar-refractivity contribution in [3.05, 3.63) is 12.7 Å². The van der Waals surface area contributed by atoms with E-state index in [4.69, 9.17) is 5.73 Å². The summed E-state index contributed by atoms with van der Waals surface area (Å²) in [6.07, 6.45) is 1.86. The maximum absolute atomic E-state index is 10.6. The van der Waals surface area contributed by atoms with Crippen LogP contribution >= 0.6 is 11.8 Å². The van der Waals surface area contributed by atoms with Gasteiger partial charge in [0, 0.05) is 18.1 Å². The molecule has 0 aromatic heterocycles. The van der Waals surface area contributed by atoms with E-state index in [1.807, 2.05) is 6.08 Å². The van der Waals surface area contributed by atoms with Gasteiger partial charge in [0.25, 0.3) is 0 Å². The van der Waals surface area contributed by atoms with Crippen LogP contribution in [0.15, 0.2) is 12.7 Å². The van der Waals surface area contributed by atoms with Crippen LogP contribution in [0.4, 0.5) is 0 Å². The number of amides is 1. The van der Waals surface area contributed by atoms with Crippen molar-refractivity contribution in [1.82, 2.24) is 5.32 Å². The average molecular weight is 188 g/mol. The van der Waals surface area contributed by atoms with Gasteiger partial charge in [0.05, 0.1) is 6.04 Å². The van der Waals surface area contributed by atoms with Crippen LogP contribution in [0.25, 0.3) is 0 Å². The molecule has 0 aromatic carbocycles. The molecule has 0 saturated heterocycles. The average Bonchev–Trinajstić information content (AvgIpc) is 2.03. The number of hydrogen-bond donors (Lipinski definition) is 2. The molecule has 0 fully saturated rings. The highest BCUT2D eigenvalue weighted by Gasteiger charge is 2.05. The largest absolute Gasteiger partial charge is 0.368 e. The molecule has 12 heavy (non-hydrogen) atoms. The molecule has 1 unspecified atom stereocenters. The second-order valence-electron chi connectivity index (χ2n) is 2.44. The van der Waals surface area contributed by atoms with E-state index in [1.165, 1.54) is 0 Å². The third kappa shape index (κ3) is 6.24. The molecule has 0 aliphatic rings. The molecule has 0 heterocycles. The van der Waals surface area contributed by atoms with Crippen molar-refractivity contribution in [1.29, 1.82) is 0 Å². The van der Waals surface area contributed by atoms with E-state index in [-0.39, 0.29) is 11.9 Å². The summed E-state index contributed by atoms with van der Waals surface area (Å²) in [5.41, 5.74) is 5.05. The molecule has 0 spiro atoms. The fourth-order valence-electron chi connectivity index (χ4n) is 0.615. The fourth-order valence-corrected chi connectivity index (χ4v) is 1.21. The first-order valence-corrected chi connectivity index (χ1v) is 5.05. The Morgan fingerprint density at radius 2 is 2.50 bits per heavy atom. The van der Waals surface area contributed by atoms with Gasteiger partial charge in [-0.3, -0.25) is 4.79 Å². The minimum atomic E-state index is -0.302. The quantitative estimate of drug-likeness (QED) is 0.448. The predicted octanol–water partition coefficient (Wildman–Crippen LogP) is 0.369. The SMILES string of the molecule is C=CCSCCNC(C)C(N)=O. The second-order valence-corrected chi connectivity index (χ2v) is 3.59. The van der Waals surface area contributed by atoms with Crippen LogP contribution < -0.4 is 11.1 Å². The number of nitrogens with one attached hydrogen (secondary N) is 1. The van der Waals surface area contributed by atoms with Crippen molar-refractivity contribution in [2.75, 3.05) is 18.1 Å². The summed E-state index contributed by atoms with van der Waals surface area (Å²) >= 11 is 1.77. The minimum absolute atomic E-state index is 0.227. The summed E-state index contributed by atoms with van der Waals surface area (Å²) in [6, 6.07) is -0.227. The molecule has 0 rings (SSSR count). The lowest BCUT2D eigenvalue weighted by atomic mass is 10.3. The lowest BCUT2D eigenvalue weighted by Crippen LogP contribution is -2.39. The normalized spacial score (nSPS) is 12.4. The standard InChI is InChI=1S/C8H16N2OS/c1-3-5-12-6-4-10-7(2)8(9)11/h3,7,10H,1,4-6H2,2H3,(H2,9,11). The highest BCUT2D eigenvalue weighted by atomic mass is 32.2. The van der Waals surface area contributed by atoms with Crippen molar-refractivity contribution in [3.63, 3.8) is 0 Å². The Kier molecular flexibility index (Phi) is 6.90. The summed E-state index contributed by atoms with van der Waals surface area (Å²) in [4.78, 5) is 10.6. The number of carbonyl (C=O) groups excluding carboxylic acids is 1. The Morgan fingerprint density at radius 3 is 3.00 bits per heavy atom. The molecular formula is C8H16N2OS. The minimum Gasteiger partial charge on any atom is -0.368 e. The Hall–Kier alpha value is -0.480. The molecule has 0 bridgehead atoms. The summed E-state index contributed by atoms with van der Waals surface area (Å²) in [6.45, 7) is 6.18. The van der Waals surface area contributed by atoms with E-state index >= 15 is 0 Å². The zero-order chi connectivity index (χ0) is 9.40. The van der Waals surface area contributed by atoms with Crippen LogP contribution in [-0.2, 0) is 4.79 Å². The molecule has 0 aliphatic heterocycles. The first kappa shape index (κ1) is 11.5. The number of carbonyl (C=O) groups is 1. The number of primary amides is 1. The highest BCUT2D eigenvalue weighted by Crippen LogP contribution is 1.97. The first-order valence-electron chi connectivity index (χ1n) is 3.89. The third-order valence-corrected chi connectivity index (χ3v) is 2.32. The molecule has 4 heteroatoms. The monoisotopic (exact) mass is 188 g/mol. The molecule has 1 atom stereocenters. The Balaban J connectivity index is 3.19. The molecular weight excluding hydrogens is 172 g/mol. The van der Waals surface area contributed by atoms with E-state index in [9.17, 15) is 4.79 Å². The molecule has 3 nitrogen and oxygen atoms in total. The van der Waals surface area contributed by atoms with Gasteiger partial charge in [-0.2, -0.15) is 11.8 Å². The Bertz CT molecular complexity index is 150. The number of nitrogens with two attached hydrogens (primary N) is 1. The van der Waals surface area contributed by atoms with Crippen LogP contribution in [-0.4, -0.2) is 30.0 Å². The maximum Gasteiger partial charge on any atom is 0.234 e. The predicted molar refractivity (Wildman–Crippen MR) is 54.2 cm³/mol. The van der Waals surface area contributed by atoms with Gasteiger partial charge in [-0.1, -0.05) is 6.08 Å². The summed E-state index contributed by atoms with van der Waals surface area (Å²) in [7, 11) is 0. The molecule has 0 aromatic rings.